The van der Waals surface area contributed by atoms with Crippen LogP contribution in [0.5, 0.6) is 0 Å². The summed E-state index contributed by atoms with van der Waals surface area (Å²) < 4.78 is 1.86. The quantitative estimate of drug-likeness (QED) is 0.108. The Morgan fingerprint density at radius 3 is 2.59 bits per heavy atom. The largest absolute Gasteiger partial charge is 0.478 e. The summed E-state index contributed by atoms with van der Waals surface area (Å²) in [6.45, 7) is 0.464. The molecule has 2 aliphatic heterocycles. The molecular weight excluding hydrogens is 574 g/mol. The van der Waals surface area contributed by atoms with Gasteiger partial charge in [-0.15, -0.1) is 23.1 Å². The van der Waals surface area contributed by atoms with Gasteiger partial charge < -0.3 is 31.8 Å². The normalized spacial score (nSPS) is 21.6. The van der Waals surface area contributed by atoms with Crippen LogP contribution in [0, 0.1) is 0 Å². The molecular formula is C25H26N7O7S2+. The lowest BCUT2D eigenvalue weighted by Gasteiger charge is -2.49. The second-order valence-electron chi connectivity index (χ2n) is 9.53. The van der Waals surface area contributed by atoms with Crippen LogP contribution in [0.25, 0.3) is 0 Å². The number of anilines is 2. The smallest absolute Gasteiger partial charge is 0.352 e. The summed E-state index contributed by atoms with van der Waals surface area (Å²) in [6.07, 6.45) is 8.13. The minimum Gasteiger partial charge on any atom is -0.478 e. The van der Waals surface area contributed by atoms with Gasteiger partial charge in [0, 0.05) is 41.8 Å². The molecule has 2 atom stereocenters. The van der Waals surface area contributed by atoms with Gasteiger partial charge in [-0.3, -0.25) is 14.5 Å². The number of amides is 2. The minimum atomic E-state index is -1.53. The van der Waals surface area contributed by atoms with Crippen LogP contribution in [-0.4, -0.2) is 72.3 Å². The van der Waals surface area contributed by atoms with E-state index < -0.39 is 40.8 Å². The lowest BCUT2D eigenvalue weighted by atomic mass is 9.80. The lowest BCUT2D eigenvalue weighted by molar-refractivity contribution is -0.686. The standard InChI is InChI=1S/C25H25N7O7S2/c26-14-4-9-31(10-5-14)8-1-3-13-11-40-21-17(20(34)32(21)18(13)22(35)36)29-19(33)16(15-12-41-24(27)28-15)30-39-25(23(37)38)6-2-7-25/h1,3-5,9-10,12,17,21,26H,2,6-8,11H2,(H5,27,28,29,33,35,36,37,38)/p+1/b3-1?,30-16-/t17?,21-/m1/s1. The highest BCUT2D eigenvalue weighted by atomic mass is 32.2. The van der Waals surface area contributed by atoms with E-state index >= 15 is 0 Å². The van der Waals surface area contributed by atoms with E-state index in [1.165, 1.54) is 17.1 Å². The van der Waals surface area contributed by atoms with Crippen LogP contribution >= 0.6 is 23.1 Å². The molecule has 14 nitrogen and oxygen atoms in total. The SMILES string of the molecule is Nc1cc[n+](CC=CC2=C(C(=O)O)N3C(=O)C(NC(=O)/C(=N\OC4(C(=O)O)CCC4)c4csc(N)n4)[C@H]3SC2)cc1. The highest BCUT2D eigenvalue weighted by molar-refractivity contribution is 8.00. The number of β-lactam (4-membered cyclic amide) rings is 1. The van der Waals surface area contributed by atoms with Gasteiger partial charge in [-0.05, 0) is 18.1 Å². The number of nitrogens with two attached hydrogens (primary N) is 2. The molecule has 0 radical (unpaired) electrons. The number of carboxylic acids is 2. The van der Waals surface area contributed by atoms with Crippen LogP contribution in [-0.2, 0) is 30.6 Å². The molecule has 4 heterocycles. The molecule has 7 N–H and O–H groups in total. The van der Waals surface area contributed by atoms with E-state index in [2.05, 4.69) is 15.5 Å². The van der Waals surface area contributed by atoms with Crippen molar-refractivity contribution in [1.29, 1.82) is 0 Å². The molecule has 1 saturated carbocycles. The van der Waals surface area contributed by atoms with Crippen molar-refractivity contribution in [3.63, 3.8) is 0 Å². The van der Waals surface area contributed by atoms with Gasteiger partial charge in [0.25, 0.3) is 11.8 Å². The van der Waals surface area contributed by atoms with E-state index in [1.54, 1.807) is 36.7 Å². The van der Waals surface area contributed by atoms with E-state index in [4.69, 9.17) is 16.3 Å². The Hall–Kier alpha value is -4.44. The first-order chi connectivity index (χ1) is 19.6. The Morgan fingerprint density at radius 1 is 1.27 bits per heavy atom. The van der Waals surface area contributed by atoms with Crippen molar-refractivity contribution < 1.29 is 38.8 Å². The second-order valence-corrected chi connectivity index (χ2v) is 11.5. The van der Waals surface area contributed by atoms with Crippen molar-refractivity contribution in [3.8, 4) is 0 Å². The third kappa shape index (κ3) is 5.47. The molecule has 3 aliphatic rings. The summed E-state index contributed by atoms with van der Waals surface area (Å²) in [7, 11) is 0. The van der Waals surface area contributed by atoms with E-state index in [9.17, 15) is 29.4 Å². The minimum absolute atomic E-state index is 0.0577. The van der Waals surface area contributed by atoms with Gasteiger partial charge in [0.15, 0.2) is 29.8 Å². The van der Waals surface area contributed by atoms with E-state index in [-0.39, 0.29) is 35.1 Å². The molecule has 1 aliphatic carbocycles. The fourth-order valence-corrected chi connectivity index (χ4v) is 6.33. The Bertz CT molecular complexity index is 1500. The zero-order valence-electron chi connectivity index (χ0n) is 21.4. The van der Waals surface area contributed by atoms with Crippen LogP contribution < -0.4 is 21.4 Å². The number of hydrogen-bond donors (Lipinski definition) is 5. The summed E-state index contributed by atoms with van der Waals surface area (Å²) in [5.41, 5.74) is 10.5. The summed E-state index contributed by atoms with van der Waals surface area (Å²) in [6, 6.07) is 2.44. The fourth-order valence-electron chi connectivity index (χ4n) is 4.46. The highest BCUT2D eigenvalue weighted by Crippen LogP contribution is 2.41. The zero-order chi connectivity index (χ0) is 29.3. The number of oxime groups is 1. The van der Waals surface area contributed by atoms with Crippen molar-refractivity contribution in [2.24, 2.45) is 5.16 Å². The topological polar surface area (TPSA) is 214 Å². The molecule has 1 unspecified atom stereocenters. The Labute approximate surface area is 241 Å². The molecule has 2 aromatic heterocycles. The number of aromatic nitrogens is 2. The van der Waals surface area contributed by atoms with Crippen LogP contribution in [0.4, 0.5) is 10.8 Å². The summed E-state index contributed by atoms with van der Waals surface area (Å²) >= 11 is 2.35. The van der Waals surface area contributed by atoms with Gasteiger partial charge in [0.05, 0.1) is 0 Å². The number of carboxylic acid groups (broad SMARTS) is 2. The van der Waals surface area contributed by atoms with Crippen molar-refractivity contribution in [1.82, 2.24) is 15.2 Å². The first kappa shape index (κ1) is 28.1. The molecule has 0 bridgehead atoms. The van der Waals surface area contributed by atoms with Gasteiger partial charge in [0.1, 0.15) is 22.8 Å². The Kier molecular flexibility index (Phi) is 7.68. The highest BCUT2D eigenvalue weighted by Gasteiger charge is 2.54. The Morgan fingerprint density at radius 2 is 2.00 bits per heavy atom. The maximum Gasteiger partial charge on any atom is 0.352 e. The van der Waals surface area contributed by atoms with Gasteiger partial charge in [-0.25, -0.2) is 19.1 Å². The van der Waals surface area contributed by atoms with Crippen LogP contribution in [0.3, 0.4) is 0 Å². The molecule has 41 heavy (non-hydrogen) atoms. The predicted octanol–water partition coefficient (Wildman–Crippen LogP) is 0.318. The third-order valence-corrected chi connectivity index (χ3v) is 8.86. The van der Waals surface area contributed by atoms with Gasteiger partial charge in [-0.2, -0.15) is 0 Å². The van der Waals surface area contributed by atoms with Gasteiger partial charge in [-0.1, -0.05) is 11.2 Å². The molecule has 1 saturated heterocycles. The number of thioether (sulfide) groups is 1. The Balaban J connectivity index is 1.32. The van der Waals surface area contributed by atoms with E-state index in [0.29, 0.717) is 30.0 Å². The van der Waals surface area contributed by atoms with Crippen molar-refractivity contribution in [2.45, 2.75) is 42.8 Å². The van der Waals surface area contributed by atoms with E-state index in [1.807, 2.05) is 4.57 Å². The number of thiazole rings is 1. The first-order valence-corrected chi connectivity index (χ1v) is 14.4. The number of nitrogens with one attached hydrogen (secondary N) is 1. The first-order valence-electron chi connectivity index (χ1n) is 12.4. The number of carbonyl (C=O) groups excluding carboxylic acids is 2. The van der Waals surface area contributed by atoms with Crippen molar-refractivity contribution >= 4 is 63.4 Å². The number of nitrogen functional groups attached to an aromatic ring is 2. The number of carbonyl (C=O) groups is 4. The average molecular weight is 601 g/mol. The van der Waals surface area contributed by atoms with Crippen LogP contribution in [0.1, 0.15) is 25.0 Å². The summed E-state index contributed by atoms with van der Waals surface area (Å²) in [5.74, 6) is -3.61. The number of aliphatic carboxylic acids is 2. The maximum atomic E-state index is 13.3. The van der Waals surface area contributed by atoms with Crippen LogP contribution in [0.15, 0.2) is 58.5 Å². The summed E-state index contributed by atoms with van der Waals surface area (Å²) in [5, 5.41) is 26.8. The maximum absolute atomic E-state index is 13.3. The lowest BCUT2D eigenvalue weighted by Crippen LogP contribution is -2.71. The molecule has 0 spiro atoms. The number of fused-ring (bicyclic) bond motifs is 1. The number of hydrogen-bond acceptors (Lipinski definition) is 11. The molecule has 2 fully saturated rings. The second kappa shape index (κ2) is 11.2. The van der Waals surface area contributed by atoms with Crippen LogP contribution in [0.2, 0.25) is 0 Å². The number of allylic oxidation sites excluding steroid dienone is 2. The van der Waals surface area contributed by atoms with E-state index in [0.717, 1.165) is 16.2 Å². The summed E-state index contributed by atoms with van der Waals surface area (Å²) in [4.78, 5) is 60.8. The monoisotopic (exact) mass is 600 g/mol. The van der Waals surface area contributed by atoms with Gasteiger partial charge >= 0.3 is 11.9 Å². The predicted molar refractivity (Wildman–Crippen MR) is 148 cm³/mol. The van der Waals surface area contributed by atoms with Gasteiger partial charge in [0.2, 0.25) is 5.60 Å². The molecule has 2 amide bonds. The number of pyridine rings is 1. The molecule has 0 aromatic carbocycles. The van der Waals surface area contributed by atoms with Crippen molar-refractivity contribution in [2.75, 3.05) is 17.2 Å². The fraction of sp³-hybridized carbons (Fsp3) is 0.320. The molecule has 16 heteroatoms. The molecule has 5 rings (SSSR count). The average Bonchev–Trinajstić information content (AvgIpc) is 3.34. The third-order valence-electron chi connectivity index (χ3n) is 6.88. The zero-order valence-corrected chi connectivity index (χ0v) is 23.1. The molecule has 214 valence electrons. The van der Waals surface area contributed by atoms with Crippen molar-refractivity contribution in [3.05, 3.63) is 59.0 Å². The molecule has 2 aromatic rings. The number of rotatable bonds is 10. The number of nitrogens with zero attached hydrogens (tertiary/aromatic N) is 4.